The maximum absolute atomic E-state index is 9.67. The Kier molecular flexibility index (Phi) is 4.87. The molecule has 0 saturated heterocycles. The summed E-state index contributed by atoms with van der Waals surface area (Å²) in [4.78, 5) is 9.87. The smallest absolute Gasteiger partial charge is 0.115 e. The van der Waals surface area contributed by atoms with Gasteiger partial charge < -0.3 is 15.3 Å². The van der Waals surface area contributed by atoms with Crippen LogP contribution < -0.4 is 0 Å². The van der Waals surface area contributed by atoms with Crippen molar-refractivity contribution in [2.75, 3.05) is 0 Å². The molecule has 1 aromatic heterocycles. The van der Waals surface area contributed by atoms with Crippen molar-refractivity contribution in [1.29, 1.82) is 0 Å². The molecule has 0 unspecified atom stereocenters. The number of aromatic hydroxyl groups is 3. The van der Waals surface area contributed by atoms with Crippen LogP contribution in [-0.2, 0) is 6.42 Å². The van der Waals surface area contributed by atoms with Gasteiger partial charge >= 0.3 is 0 Å². The van der Waals surface area contributed by atoms with Gasteiger partial charge in [-0.3, -0.25) is 0 Å². The van der Waals surface area contributed by atoms with Crippen LogP contribution in [-0.4, -0.2) is 25.3 Å². The molecule has 0 saturated carbocycles. The first-order valence-electron chi connectivity index (χ1n) is 9.34. The first kappa shape index (κ1) is 18.5. The number of aryl methyl sites for hydroxylation is 1. The second-order valence-corrected chi connectivity index (χ2v) is 6.71. The minimum absolute atomic E-state index is 0.178. The highest BCUT2D eigenvalue weighted by Crippen LogP contribution is 2.34. The molecule has 29 heavy (non-hydrogen) atoms. The molecule has 1 heterocycles. The van der Waals surface area contributed by atoms with Gasteiger partial charge in [-0.2, -0.15) is 0 Å². The Morgan fingerprint density at radius 3 is 1.24 bits per heavy atom. The molecule has 4 aromatic rings. The van der Waals surface area contributed by atoms with Crippen LogP contribution in [0.2, 0.25) is 0 Å². The van der Waals surface area contributed by atoms with Crippen molar-refractivity contribution in [1.82, 2.24) is 9.97 Å². The van der Waals surface area contributed by atoms with Gasteiger partial charge in [0.1, 0.15) is 17.2 Å². The third-order valence-electron chi connectivity index (χ3n) is 4.73. The number of hydrogen-bond donors (Lipinski definition) is 3. The average Bonchev–Trinajstić information content (AvgIpc) is 2.75. The highest BCUT2D eigenvalue weighted by molar-refractivity contribution is 5.81. The molecular formula is C24H20N2O3. The summed E-state index contributed by atoms with van der Waals surface area (Å²) in [5, 5.41) is 28.9. The maximum Gasteiger partial charge on any atom is 0.115 e. The largest absolute Gasteiger partial charge is 0.508 e. The third-order valence-corrected chi connectivity index (χ3v) is 4.73. The Balaban J connectivity index is 1.97. The van der Waals surface area contributed by atoms with Crippen LogP contribution in [0.25, 0.3) is 33.8 Å². The van der Waals surface area contributed by atoms with Crippen LogP contribution in [0.5, 0.6) is 17.2 Å². The quantitative estimate of drug-likeness (QED) is 0.453. The number of benzene rings is 3. The Labute approximate surface area is 168 Å². The number of phenols is 3. The molecule has 3 N–H and O–H groups in total. The Morgan fingerprint density at radius 1 is 0.517 bits per heavy atom. The Hall–Kier alpha value is -3.86. The monoisotopic (exact) mass is 384 g/mol. The molecule has 0 aliphatic rings. The van der Waals surface area contributed by atoms with Crippen molar-refractivity contribution in [3.05, 3.63) is 78.5 Å². The fourth-order valence-electron chi connectivity index (χ4n) is 3.21. The lowest BCUT2D eigenvalue weighted by Crippen LogP contribution is -2.02. The lowest BCUT2D eigenvalue weighted by molar-refractivity contribution is 0.475. The molecule has 0 amide bonds. The van der Waals surface area contributed by atoms with E-state index in [1.807, 2.05) is 31.2 Å². The second-order valence-electron chi connectivity index (χ2n) is 6.71. The standard InChI is InChI=1S/C24H20N2O3/c1-2-21-22(15-3-9-18(27)10-4-15)26-24(17-7-13-20(29)14-8-17)23(25-21)16-5-11-19(28)12-6-16/h3-14,27-29H,2H2,1H3. The molecule has 0 spiro atoms. The molecule has 0 atom stereocenters. The van der Waals surface area contributed by atoms with E-state index in [1.165, 1.54) is 0 Å². The number of hydrogen-bond acceptors (Lipinski definition) is 5. The van der Waals surface area contributed by atoms with E-state index in [0.29, 0.717) is 17.8 Å². The minimum Gasteiger partial charge on any atom is -0.508 e. The molecule has 0 fully saturated rings. The average molecular weight is 384 g/mol. The van der Waals surface area contributed by atoms with Gasteiger partial charge in [-0.15, -0.1) is 0 Å². The van der Waals surface area contributed by atoms with Crippen molar-refractivity contribution in [3.8, 4) is 51.0 Å². The fourth-order valence-corrected chi connectivity index (χ4v) is 3.21. The first-order chi connectivity index (χ1) is 14.0. The highest BCUT2D eigenvalue weighted by atomic mass is 16.3. The summed E-state index contributed by atoms with van der Waals surface area (Å²) < 4.78 is 0. The first-order valence-corrected chi connectivity index (χ1v) is 9.34. The number of phenolic OH excluding ortho intramolecular Hbond substituents is 3. The summed E-state index contributed by atoms with van der Waals surface area (Å²) >= 11 is 0. The SMILES string of the molecule is CCc1nc(-c2ccc(O)cc2)c(-c2ccc(O)cc2)nc1-c1ccc(O)cc1. The molecule has 0 radical (unpaired) electrons. The van der Waals surface area contributed by atoms with Crippen LogP contribution in [0.15, 0.2) is 72.8 Å². The number of aromatic nitrogens is 2. The van der Waals surface area contributed by atoms with Crippen LogP contribution >= 0.6 is 0 Å². The fraction of sp³-hybridized carbons (Fsp3) is 0.0833. The zero-order chi connectivity index (χ0) is 20.4. The van der Waals surface area contributed by atoms with Gasteiger partial charge in [-0.05, 0) is 79.2 Å². The normalized spacial score (nSPS) is 10.8. The van der Waals surface area contributed by atoms with E-state index in [4.69, 9.17) is 9.97 Å². The Bertz CT molecular complexity index is 1140. The van der Waals surface area contributed by atoms with Gasteiger partial charge in [-0.25, -0.2) is 9.97 Å². The van der Waals surface area contributed by atoms with Gasteiger partial charge in [0.25, 0.3) is 0 Å². The number of nitrogens with zero attached hydrogens (tertiary/aromatic N) is 2. The van der Waals surface area contributed by atoms with Crippen molar-refractivity contribution in [2.24, 2.45) is 0 Å². The summed E-state index contributed by atoms with van der Waals surface area (Å²) in [7, 11) is 0. The van der Waals surface area contributed by atoms with E-state index in [-0.39, 0.29) is 17.2 Å². The van der Waals surface area contributed by atoms with Crippen molar-refractivity contribution in [2.45, 2.75) is 13.3 Å². The summed E-state index contributed by atoms with van der Waals surface area (Å²) in [5.74, 6) is 0.556. The molecule has 144 valence electrons. The predicted octanol–water partition coefficient (Wildman–Crippen LogP) is 5.16. The van der Waals surface area contributed by atoms with E-state index in [1.54, 1.807) is 48.5 Å². The van der Waals surface area contributed by atoms with E-state index < -0.39 is 0 Å². The summed E-state index contributed by atoms with van der Waals surface area (Å²) in [5.41, 5.74) is 5.49. The van der Waals surface area contributed by atoms with Crippen LogP contribution in [0.4, 0.5) is 0 Å². The van der Waals surface area contributed by atoms with Gasteiger partial charge in [0.05, 0.1) is 22.8 Å². The molecule has 3 aromatic carbocycles. The number of rotatable bonds is 4. The molecule has 0 aliphatic heterocycles. The minimum atomic E-state index is 0.178. The zero-order valence-electron chi connectivity index (χ0n) is 15.9. The molecule has 5 heteroatoms. The second kappa shape index (κ2) is 7.64. The predicted molar refractivity (Wildman–Crippen MR) is 113 cm³/mol. The van der Waals surface area contributed by atoms with Crippen LogP contribution in [0, 0.1) is 0 Å². The van der Waals surface area contributed by atoms with E-state index in [2.05, 4.69) is 0 Å². The third kappa shape index (κ3) is 3.75. The lowest BCUT2D eigenvalue weighted by Gasteiger charge is -2.15. The molecule has 0 aliphatic carbocycles. The Morgan fingerprint density at radius 2 is 0.862 bits per heavy atom. The zero-order valence-corrected chi connectivity index (χ0v) is 15.9. The molecule has 5 nitrogen and oxygen atoms in total. The van der Waals surface area contributed by atoms with Gasteiger partial charge in [0, 0.05) is 16.7 Å². The highest BCUT2D eigenvalue weighted by Gasteiger charge is 2.17. The van der Waals surface area contributed by atoms with Crippen molar-refractivity contribution in [3.63, 3.8) is 0 Å². The van der Waals surface area contributed by atoms with Crippen LogP contribution in [0.3, 0.4) is 0 Å². The van der Waals surface area contributed by atoms with E-state index in [9.17, 15) is 15.3 Å². The van der Waals surface area contributed by atoms with Crippen molar-refractivity contribution < 1.29 is 15.3 Å². The lowest BCUT2D eigenvalue weighted by atomic mass is 10.0. The summed E-state index contributed by atoms with van der Waals surface area (Å²) in [6.07, 6.45) is 0.685. The van der Waals surface area contributed by atoms with Gasteiger partial charge in [-0.1, -0.05) is 6.92 Å². The maximum atomic E-state index is 9.67. The molecule has 0 bridgehead atoms. The molecule has 4 rings (SSSR count). The van der Waals surface area contributed by atoms with E-state index in [0.717, 1.165) is 28.1 Å². The summed E-state index contributed by atoms with van der Waals surface area (Å²) in [6.45, 7) is 2.02. The molecular weight excluding hydrogens is 364 g/mol. The van der Waals surface area contributed by atoms with Gasteiger partial charge in [0.15, 0.2) is 0 Å². The van der Waals surface area contributed by atoms with E-state index >= 15 is 0 Å². The van der Waals surface area contributed by atoms with Crippen LogP contribution in [0.1, 0.15) is 12.6 Å². The summed E-state index contributed by atoms with van der Waals surface area (Å²) in [6, 6.07) is 20.6. The van der Waals surface area contributed by atoms with Crippen molar-refractivity contribution >= 4 is 0 Å². The van der Waals surface area contributed by atoms with Gasteiger partial charge in [0.2, 0.25) is 0 Å². The topological polar surface area (TPSA) is 86.5 Å².